The fourth-order valence-corrected chi connectivity index (χ4v) is 2.91. The average Bonchev–Trinajstić information content (AvgIpc) is 2.15. The first-order chi connectivity index (χ1) is 7.83. The molecule has 1 atom stereocenters. The Labute approximate surface area is 105 Å². The topological polar surface area (TPSA) is 72.2 Å². The molecule has 0 bridgehead atoms. The summed E-state index contributed by atoms with van der Waals surface area (Å²) in [5.74, 6) is -0.789. The van der Waals surface area contributed by atoms with Crippen LogP contribution in [0, 0.1) is 5.82 Å². The number of nitrogens with two attached hydrogens (primary N) is 1. The maximum atomic E-state index is 13.3. The summed E-state index contributed by atoms with van der Waals surface area (Å²) >= 11 is 4.67. The first kappa shape index (κ1) is 14.0. The molecule has 0 amide bonds. The molecule has 4 nitrogen and oxygen atoms in total. The minimum atomic E-state index is -3.88. The molecule has 0 aliphatic carbocycles. The Balaban J connectivity index is 2.90. The molecule has 1 aromatic carbocycles. The second kappa shape index (κ2) is 5.52. The highest BCUT2D eigenvalue weighted by Gasteiger charge is 2.20. The summed E-state index contributed by atoms with van der Waals surface area (Å²) in [6.45, 7) is 1.61. The van der Waals surface area contributed by atoms with E-state index >= 15 is 0 Å². The highest BCUT2D eigenvalue weighted by atomic mass is 32.2. The van der Waals surface area contributed by atoms with Gasteiger partial charge in [0, 0.05) is 12.5 Å². The van der Waals surface area contributed by atoms with Crippen molar-refractivity contribution in [2.45, 2.75) is 24.3 Å². The number of nitrogens with one attached hydrogen (secondary N) is 1. The van der Waals surface area contributed by atoms with Crippen LogP contribution in [0.15, 0.2) is 29.2 Å². The van der Waals surface area contributed by atoms with Crippen molar-refractivity contribution in [3.63, 3.8) is 0 Å². The van der Waals surface area contributed by atoms with Crippen molar-refractivity contribution in [1.82, 2.24) is 4.72 Å². The molecule has 0 aliphatic rings. The Morgan fingerprint density at radius 1 is 1.53 bits per heavy atom. The van der Waals surface area contributed by atoms with Crippen molar-refractivity contribution in [1.29, 1.82) is 0 Å². The quantitative estimate of drug-likeness (QED) is 0.792. The molecule has 1 rings (SSSR count). The number of benzene rings is 1. The maximum absolute atomic E-state index is 13.3. The van der Waals surface area contributed by atoms with Crippen LogP contribution in [-0.4, -0.2) is 19.4 Å². The fourth-order valence-electron chi connectivity index (χ4n) is 1.33. The lowest BCUT2D eigenvalue weighted by atomic mass is 10.3. The van der Waals surface area contributed by atoms with Gasteiger partial charge in [0.15, 0.2) is 0 Å². The molecular formula is C10H13FN2O2S2. The molecule has 0 saturated carbocycles. The summed E-state index contributed by atoms with van der Waals surface area (Å²) in [5, 5.41) is 0. The van der Waals surface area contributed by atoms with E-state index in [1.54, 1.807) is 6.92 Å². The number of halogens is 1. The summed E-state index contributed by atoms with van der Waals surface area (Å²) in [5.41, 5.74) is 5.30. The van der Waals surface area contributed by atoms with Crippen molar-refractivity contribution >= 4 is 27.2 Å². The molecule has 0 radical (unpaired) electrons. The first-order valence-electron chi connectivity index (χ1n) is 4.88. The molecule has 0 fully saturated rings. The molecule has 1 unspecified atom stereocenters. The second-order valence-corrected chi connectivity index (χ2v) is 5.83. The minimum absolute atomic E-state index is 0.203. The second-order valence-electron chi connectivity index (χ2n) is 3.62. The van der Waals surface area contributed by atoms with Gasteiger partial charge in [-0.1, -0.05) is 24.4 Å². The lowest BCUT2D eigenvalue weighted by Crippen LogP contribution is -2.35. The van der Waals surface area contributed by atoms with E-state index in [1.807, 2.05) is 0 Å². The highest BCUT2D eigenvalue weighted by molar-refractivity contribution is 7.89. The van der Waals surface area contributed by atoms with Crippen LogP contribution in [0.2, 0.25) is 0 Å². The molecule has 94 valence electrons. The van der Waals surface area contributed by atoms with E-state index in [0.717, 1.165) is 6.07 Å². The van der Waals surface area contributed by atoms with Crippen LogP contribution in [0.5, 0.6) is 0 Å². The van der Waals surface area contributed by atoms with E-state index in [9.17, 15) is 12.8 Å². The van der Waals surface area contributed by atoms with Gasteiger partial charge in [-0.25, -0.2) is 17.5 Å². The predicted octanol–water partition coefficient (Wildman–Crippen LogP) is 1.17. The number of thiocarbonyl (C=S) groups is 1. The maximum Gasteiger partial charge on any atom is 0.243 e. The van der Waals surface area contributed by atoms with Gasteiger partial charge < -0.3 is 5.73 Å². The summed E-state index contributed by atoms with van der Waals surface area (Å²) in [4.78, 5) is -0.177. The van der Waals surface area contributed by atoms with Crippen LogP contribution < -0.4 is 10.5 Å². The van der Waals surface area contributed by atoms with Crippen molar-refractivity contribution in [2.75, 3.05) is 0 Å². The number of hydrogen-bond acceptors (Lipinski definition) is 3. The Kier molecular flexibility index (Phi) is 4.55. The average molecular weight is 276 g/mol. The number of sulfonamides is 1. The Morgan fingerprint density at radius 3 is 2.65 bits per heavy atom. The first-order valence-corrected chi connectivity index (χ1v) is 6.77. The third kappa shape index (κ3) is 4.03. The smallest absolute Gasteiger partial charge is 0.243 e. The van der Waals surface area contributed by atoms with Crippen molar-refractivity contribution < 1.29 is 12.8 Å². The zero-order valence-electron chi connectivity index (χ0n) is 9.18. The standard InChI is InChI=1S/C10H13FN2O2S2/c1-7(6-10(12)16)13-17(14,15)9-5-3-2-4-8(9)11/h2-5,7,13H,6H2,1H3,(H2,12,16). The van der Waals surface area contributed by atoms with Crippen LogP contribution >= 0.6 is 12.2 Å². The molecule has 0 saturated heterocycles. The van der Waals surface area contributed by atoms with Crippen molar-refractivity contribution in [3.8, 4) is 0 Å². The lowest BCUT2D eigenvalue weighted by Gasteiger charge is -2.13. The molecule has 0 heterocycles. The van der Waals surface area contributed by atoms with Crippen molar-refractivity contribution in [3.05, 3.63) is 30.1 Å². The molecule has 0 aromatic heterocycles. The predicted molar refractivity (Wildman–Crippen MR) is 67.6 cm³/mol. The number of hydrogen-bond donors (Lipinski definition) is 2. The molecule has 3 N–H and O–H groups in total. The van der Waals surface area contributed by atoms with Gasteiger partial charge in [-0.2, -0.15) is 0 Å². The minimum Gasteiger partial charge on any atom is -0.393 e. The van der Waals surface area contributed by atoms with Gasteiger partial charge in [-0.3, -0.25) is 0 Å². The van der Waals surface area contributed by atoms with E-state index in [-0.39, 0.29) is 16.3 Å². The van der Waals surface area contributed by atoms with Gasteiger partial charge in [-0.15, -0.1) is 0 Å². The third-order valence-electron chi connectivity index (χ3n) is 1.99. The van der Waals surface area contributed by atoms with Gasteiger partial charge in [0.25, 0.3) is 0 Å². The normalized spacial score (nSPS) is 13.3. The number of rotatable bonds is 5. The molecule has 0 aliphatic heterocycles. The van der Waals surface area contributed by atoms with Gasteiger partial charge in [0.2, 0.25) is 10.0 Å². The Morgan fingerprint density at radius 2 is 2.12 bits per heavy atom. The Bertz CT molecular complexity index is 517. The van der Waals surface area contributed by atoms with Crippen LogP contribution in [0.1, 0.15) is 13.3 Å². The van der Waals surface area contributed by atoms with E-state index in [4.69, 9.17) is 5.73 Å². The zero-order valence-corrected chi connectivity index (χ0v) is 10.8. The summed E-state index contributed by atoms with van der Waals surface area (Å²) in [6.07, 6.45) is 0.225. The van der Waals surface area contributed by atoms with Crippen LogP contribution in [0.25, 0.3) is 0 Å². The summed E-state index contributed by atoms with van der Waals surface area (Å²) < 4.78 is 39.3. The zero-order chi connectivity index (χ0) is 13.1. The van der Waals surface area contributed by atoms with E-state index < -0.39 is 21.9 Å². The molecule has 17 heavy (non-hydrogen) atoms. The van der Waals surface area contributed by atoms with Gasteiger partial charge in [0.05, 0.1) is 4.99 Å². The van der Waals surface area contributed by atoms with E-state index in [0.29, 0.717) is 0 Å². The van der Waals surface area contributed by atoms with E-state index in [1.165, 1.54) is 18.2 Å². The molecule has 7 heteroatoms. The SMILES string of the molecule is CC(CC(N)=S)NS(=O)(=O)c1ccccc1F. The van der Waals surface area contributed by atoms with Gasteiger partial charge in [-0.05, 0) is 19.1 Å². The highest BCUT2D eigenvalue weighted by Crippen LogP contribution is 2.13. The van der Waals surface area contributed by atoms with Crippen LogP contribution in [0.3, 0.4) is 0 Å². The summed E-state index contributed by atoms with van der Waals surface area (Å²) in [6, 6.07) is 4.69. The van der Waals surface area contributed by atoms with Gasteiger partial charge >= 0.3 is 0 Å². The lowest BCUT2D eigenvalue weighted by molar-refractivity contribution is 0.546. The van der Waals surface area contributed by atoms with Crippen LogP contribution in [0.4, 0.5) is 4.39 Å². The van der Waals surface area contributed by atoms with Crippen molar-refractivity contribution in [2.24, 2.45) is 5.73 Å². The van der Waals surface area contributed by atoms with E-state index in [2.05, 4.69) is 16.9 Å². The van der Waals surface area contributed by atoms with Gasteiger partial charge in [0.1, 0.15) is 10.7 Å². The fraction of sp³-hybridized carbons (Fsp3) is 0.300. The van der Waals surface area contributed by atoms with Crippen LogP contribution in [-0.2, 0) is 10.0 Å². The third-order valence-corrected chi connectivity index (χ3v) is 3.78. The largest absolute Gasteiger partial charge is 0.393 e. The summed E-state index contributed by atoms with van der Waals surface area (Å²) in [7, 11) is -3.88. The molecular weight excluding hydrogens is 263 g/mol. The Hall–Kier alpha value is -1.05. The molecule has 0 spiro atoms. The monoisotopic (exact) mass is 276 g/mol. The molecule has 1 aromatic rings.